The van der Waals surface area contributed by atoms with Gasteiger partial charge in [-0.15, -0.1) is 0 Å². The Morgan fingerprint density at radius 2 is 1.84 bits per heavy atom. The number of hydrogen-bond acceptors (Lipinski definition) is 2. The minimum atomic E-state index is -4.45. The van der Waals surface area contributed by atoms with Crippen molar-refractivity contribution in [2.24, 2.45) is 0 Å². The molecule has 0 N–H and O–H groups in total. The first-order chi connectivity index (χ1) is 11.8. The maximum Gasteiger partial charge on any atom is 0.416 e. The van der Waals surface area contributed by atoms with Crippen LogP contribution in [-0.2, 0) is 17.4 Å². The third-order valence-electron chi connectivity index (χ3n) is 3.56. The van der Waals surface area contributed by atoms with Crippen LogP contribution in [0.5, 0.6) is 5.75 Å². The lowest BCUT2D eigenvalue weighted by Gasteiger charge is -2.18. The van der Waals surface area contributed by atoms with Crippen LogP contribution in [0.3, 0.4) is 0 Å². The van der Waals surface area contributed by atoms with Gasteiger partial charge in [0.2, 0.25) is 5.91 Å². The number of amides is 1. The van der Waals surface area contributed by atoms with Gasteiger partial charge in [-0.05, 0) is 23.8 Å². The van der Waals surface area contributed by atoms with Gasteiger partial charge in [0.05, 0.1) is 18.5 Å². The summed E-state index contributed by atoms with van der Waals surface area (Å²) in [4.78, 5) is 13.4. The molecular weight excluding hydrogens is 338 g/mol. The molecule has 0 saturated carbocycles. The fourth-order valence-corrected chi connectivity index (χ4v) is 2.15. The van der Waals surface area contributed by atoms with E-state index in [1.54, 1.807) is 6.07 Å². The number of hydrogen-bond donors (Lipinski definition) is 0. The van der Waals surface area contributed by atoms with Gasteiger partial charge in [0.15, 0.2) is 11.6 Å². The molecule has 25 heavy (non-hydrogen) atoms. The van der Waals surface area contributed by atoms with Gasteiger partial charge >= 0.3 is 6.18 Å². The average molecular weight is 355 g/mol. The molecule has 2 aromatic carbocycles. The standard InChI is InChI=1S/C18H17F4NO2/c1-23(9-10-25-16-8-3-2-7-15(16)19)17(24)12-13-5-4-6-14(11-13)18(20,21)22/h2-8,11H,9-10,12H2,1H3. The summed E-state index contributed by atoms with van der Waals surface area (Å²) >= 11 is 0. The molecule has 0 unspecified atom stereocenters. The van der Waals surface area contributed by atoms with E-state index in [9.17, 15) is 22.4 Å². The van der Waals surface area contributed by atoms with Crippen molar-refractivity contribution in [2.75, 3.05) is 20.2 Å². The average Bonchev–Trinajstić information content (AvgIpc) is 2.56. The Bertz CT molecular complexity index is 731. The number of ether oxygens (including phenoxy) is 1. The molecule has 0 saturated heterocycles. The van der Waals surface area contributed by atoms with Crippen molar-refractivity contribution in [3.8, 4) is 5.75 Å². The van der Waals surface area contributed by atoms with Crippen molar-refractivity contribution in [3.63, 3.8) is 0 Å². The zero-order valence-electron chi connectivity index (χ0n) is 13.5. The van der Waals surface area contributed by atoms with E-state index in [4.69, 9.17) is 4.74 Å². The second-order valence-corrected chi connectivity index (χ2v) is 5.47. The number of benzene rings is 2. The molecule has 1 amide bonds. The summed E-state index contributed by atoms with van der Waals surface area (Å²) in [5.74, 6) is -0.766. The van der Waals surface area contributed by atoms with Crippen LogP contribution in [-0.4, -0.2) is 31.0 Å². The summed E-state index contributed by atoms with van der Waals surface area (Å²) in [6.07, 6.45) is -4.60. The monoisotopic (exact) mass is 355 g/mol. The Balaban J connectivity index is 1.87. The van der Waals surface area contributed by atoms with Crippen molar-refractivity contribution in [1.29, 1.82) is 0 Å². The second-order valence-electron chi connectivity index (χ2n) is 5.47. The minimum absolute atomic E-state index is 0.0752. The molecule has 0 aliphatic heterocycles. The number of alkyl halides is 3. The predicted molar refractivity (Wildman–Crippen MR) is 84.7 cm³/mol. The molecular formula is C18H17F4NO2. The topological polar surface area (TPSA) is 29.5 Å². The van der Waals surface area contributed by atoms with Gasteiger partial charge in [0.1, 0.15) is 6.61 Å². The molecule has 0 aromatic heterocycles. The molecule has 134 valence electrons. The minimum Gasteiger partial charge on any atom is -0.489 e. The summed E-state index contributed by atoms with van der Waals surface area (Å²) in [5, 5.41) is 0. The van der Waals surface area contributed by atoms with Crippen molar-refractivity contribution >= 4 is 5.91 Å². The molecule has 0 bridgehead atoms. The van der Waals surface area contributed by atoms with Gasteiger partial charge in [-0.1, -0.05) is 30.3 Å². The number of nitrogens with zero attached hydrogens (tertiary/aromatic N) is 1. The molecule has 0 spiro atoms. The van der Waals surface area contributed by atoms with Crippen LogP contribution in [0.15, 0.2) is 48.5 Å². The van der Waals surface area contributed by atoms with Crippen molar-refractivity contribution in [3.05, 3.63) is 65.5 Å². The first-order valence-electron chi connectivity index (χ1n) is 7.55. The third kappa shape index (κ3) is 5.48. The van der Waals surface area contributed by atoms with Crippen LogP contribution >= 0.6 is 0 Å². The molecule has 2 aromatic rings. The van der Waals surface area contributed by atoms with Gasteiger partial charge in [0.25, 0.3) is 0 Å². The Kier molecular flexibility index (Phi) is 6.01. The Morgan fingerprint density at radius 3 is 2.52 bits per heavy atom. The van der Waals surface area contributed by atoms with Gasteiger partial charge in [0, 0.05) is 7.05 Å². The van der Waals surface area contributed by atoms with E-state index in [0.29, 0.717) is 0 Å². The lowest BCUT2D eigenvalue weighted by atomic mass is 10.1. The Morgan fingerprint density at radius 1 is 1.12 bits per heavy atom. The molecule has 0 aliphatic rings. The van der Waals surface area contributed by atoms with Crippen LogP contribution in [0.2, 0.25) is 0 Å². The number of para-hydroxylation sites is 1. The smallest absolute Gasteiger partial charge is 0.416 e. The van der Waals surface area contributed by atoms with E-state index >= 15 is 0 Å². The van der Waals surface area contributed by atoms with E-state index in [1.807, 2.05) is 0 Å². The van der Waals surface area contributed by atoms with Gasteiger partial charge in [-0.2, -0.15) is 13.2 Å². The van der Waals surface area contributed by atoms with E-state index in [1.165, 1.54) is 42.3 Å². The molecule has 0 heterocycles. The van der Waals surface area contributed by atoms with Crippen LogP contribution < -0.4 is 4.74 Å². The van der Waals surface area contributed by atoms with Crippen molar-refractivity contribution < 1.29 is 27.1 Å². The fourth-order valence-electron chi connectivity index (χ4n) is 2.15. The Labute approximate surface area is 142 Å². The largest absolute Gasteiger partial charge is 0.489 e. The van der Waals surface area contributed by atoms with Crippen LogP contribution in [0.4, 0.5) is 17.6 Å². The van der Waals surface area contributed by atoms with E-state index in [2.05, 4.69) is 0 Å². The third-order valence-corrected chi connectivity index (χ3v) is 3.56. The molecule has 0 fully saturated rings. The highest BCUT2D eigenvalue weighted by atomic mass is 19.4. The molecule has 2 rings (SSSR count). The highest BCUT2D eigenvalue weighted by Crippen LogP contribution is 2.29. The molecule has 0 aliphatic carbocycles. The summed E-state index contributed by atoms with van der Waals surface area (Å²) in [6, 6.07) is 10.6. The number of likely N-dealkylation sites (N-methyl/N-ethyl adjacent to an activating group) is 1. The normalized spacial score (nSPS) is 11.2. The summed E-state index contributed by atoms with van der Waals surface area (Å²) < 4.78 is 56.7. The lowest BCUT2D eigenvalue weighted by Crippen LogP contribution is -2.32. The van der Waals surface area contributed by atoms with Crippen molar-refractivity contribution in [2.45, 2.75) is 12.6 Å². The fraction of sp³-hybridized carbons (Fsp3) is 0.278. The maximum atomic E-state index is 13.4. The predicted octanol–water partition coefficient (Wildman–Crippen LogP) is 3.92. The Hall–Kier alpha value is -2.57. The molecule has 7 heteroatoms. The molecule has 0 atom stereocenters. The van der Waals surface area contributed by atoms with Gasteiger partial charge < -0.3 is 9.64 Å². The van der Waals surface area contributed by atoms with E-state index in [0.717, 1.165) is 12.1 Å². The van der Waals surface area contributed by atoms with Crippen LogP contribution in [0.25, 0.3) is 0 Å². The van der Waals surface area contributed by atoms with Gasteiger partial charge in [-0.3, -0.25) is 4.79 Å². The number of halogens is 4. The van der Waals surface area contributed by atoms with E-state index in [-0.39, 0.29) is 36.8 Å². The maximum absolute atomic E-state index is 13.4. The zero-order chi connectivity index (χ0) is 18.4. The van der Waals surface area contributed by atoms with Crippen molar-refractivity contribution in [1.82, 2.24) is 4.90 Å². The summed E-state index contributed by atoms with van der Waals surface area (Å²) in [7, 11) is 1.51. The highest BCUT2D eigenvalue weighted by Gasteiger charge is 2.30. The van der Waals surface area contributed by atoms with Crippen LogP contribution in [0, 0.1) is 5.82 Å². The lowest BCUT2D eigenvalue weighted by molar-refractivity contribution is -0.137. The molecule has 3 nitrogen and oxygen atoms in total. The number of carbonyl (C=O) groups is 1. The highest BCUT2D eigenvalue weighted by molar-refractivity contribution is 5.78. The summed E-state index contributed by atoms with van der Waals surface area (Å²) in [5.41, 5.74) is -0.509. The summed E-state index contributed by atoms with van der Waals surface area (Å²) in [6.45, 7) is 0.262. The first-order valence-corrected chi connectivity index (χ1v) is 7.55. The molecule has 0 radical (unpaired) electrons. The second kappa shape index (κ2) is 8.00. The number of carbonyl (C=O) groups excluding carboxylic acids is 1. The SMILES string of the molecule is CN(CCOc1ccccc1F)C(=O)Cc1cccc(C(F)(F)F)c1. The van der Waals surface area contributed by atoms with Crippen LogP contribution in [0.1, 0.15) is 11.1 Å². The zero-order valence-corrected chi connectivity index (χ0v) is 13.5. The number of rotatable bonds is 6. The first kappa shape index (κ1) is 18.8. The van der Waals surface area contributed by atoms with E-state index < -0.39 is 17.6 Å². The quantitative estimate of drug-likeness (QED) is 0.735. The van der Waals surface area contributed by atoms with Gasteiger partial charge in [-0.25, -0.2) is 4.39 Å².